The van der Waals surface area contributed by atoms with Crippen molar-refractivity contribution in [3.05, 3.63) is 58.6 Å². The lowest BCUT2D eigenvalue weighted by molar-refractivity contribution is -0.119. The molecule has 3 rings (SSSR count). The fourth-order valence-electron chi connectivity index (χ4n) is 3.86. The third-order valence-corrected chi connectivity index (χ3v) is 6.90. The summed E-state index contributed by atoms with van der Waals surface area (Å²) in [7, 11) is -2.31. The van der Waals surface area contributed by atoms with Crippen LogP contribution in [-0.2, 0) is 27.9 Å². The van der Waals surface area contributed by atoms with Crippen LogP contribution in [0.3, 0.4) is 0 Å². The molecule has 1 amide bonds. The van der Waals surface area contributed by atoms with Crippen molar-refractivity contribution in [2.24, 2.45) is 0 Å². The van der Waals surface area contributed by atoms with E-state index in [9.17, 15) is 13.2 Å². The summed E-state index contributed by atoms with van der Waals surface area (Å²) in [6.07, 6.45) is 4.76. The maximum absolute atomic E-state index is 12.7. The number of amides is 1. The number of hydrogen-bond donors (Lipinski definition) is 1. The molecule has 0 bridgehead atoms. The number of nitrogens with one attached hydrogen (secondary N) is 1. The molecule has 2 aromatic rings. The number of hydrogen-bond acceptors (Lipinski definition) is 5. The third kappa shape index (κ3) is 6.60. The summed E-state index contributed by atoms with van der Waals surface area (Å²) in [4.78, 5) is 15.2. The minimum Gasteiger partial charge on any atom is -0.495 e. The predicted molar refractivity (Wildman–Crippen MR) is 128 cm³/mol. The first kappa shape index (κ1) is 24.4. The number of anilines is 1. The van der Waals surface area contributed by atoms with Gasteiger partial charge in [-0.1, -0.05) is 42.3 Å². The molecule has 9 heteroatoms. The number of ether oxygens (including phenoxy) is 1. The van der Waals surface area contributed by atoms with E-state index in [4.69, 9.17) is 16.3 Å². The lowest BCUT2D eigenvalue weighted by Crippen LogP contribution is -2.40. The molecule has 0 unspecified atom stereocenters. The summed E-state index contributed by atoms with van der Waals surface area (Å²) < 4.78 is 31.2. The highest BCUT2D eigenvalue weighted by molar-refractivity contribution is 7.92. The van der Waals surface area contributed by atoms with E-state index >= 15 is 0 Å². The van der Waals surface area contributed by atoms with Gasteiger partial charge in [-0.2, -0.15) is 0 Å². The van der Waals surface area contributed by atoms with Gasteiger partial charge in [0.2, 0.25) is 15.9 Å². The normalized spacial score (nSPS) is 14.7. The lowest BCUT2D eigenvalue weighted by atomic mass is 10.0. The summed E-state index contributed by atoms with van der Waals surface area (Å²) >= 11 is 6.06. The van der Waals surface area contributed by atoms with Crippen molar-refractivity contribution in [3.8, 4) is 5.75 Å². The molecule has 174 valence electrons. The molecule has 0 spiro atoms. The summed E-state index contributed by atoms with van der Waals surface area (Å²) in [5.41, 5.74) is 2.42. The first-order valence-corrected chi connectivity index (χ1v) is 12.9. The van der Waals surface area contributed by atoms with Gasteiger partial charge in [-0.15, -0.1) is 0 Å². The van der Waals surface area contributed by atoms with Crippen molar-refractivity contribution >= 4 is 33.2 Å². The number of sulfonamides is 1. The van der Waals surface area contributed by atoms with E-state index in [-0.39, 0.29) is 12.2 Å². The SMILES string of the molecule is COc1ccc(Cl)cc1N(CC(=O)NCc1ccccc1CN1CCCCC1)S(C)(=O)=O. The number of benzene rings is 2. The zero-order valence-corrected chi connectivity index (χ0v) is 20.1. The fourth-order valence-corrected chi connectivity index (χ4v) is 4.88. The van der Waals surface area contributed by atoms with Crippen LogP contribution in [0.5, 0.6) is 5.75 Å². The molecule has 2 aromatic carbocycles. The van der Waals surface area contributed by atoms with Gasteiger partial charge in [0.05, 0.1) is 19.1 Å². The van der Waals surface area contributed by atoms with E-state index in [1.165, 1.54) is 38.0 Å². The molecule has 0 atom stereocenters. The Hall–Kier alpha value is -2.29. The molecule has 0 aliphatic carbocycles. The Bertz CT molecular complexity index is 1040. The van der Waals surface area contributed by atoms with Crippen molar-refractivity contribution < 1.29 is 17.9 Å². The smallest absolute Gasteiger partial charge is 0.241 e. The van der Waals surface area contributed by atoms with Crippen LogP contribution in [0.1, 0.15) is 30.4 Å². The van der Waals surface area contributed by atoms with Crippen LogP contribution in [-0.4, -0.2) is 52.2 Å². The third-order valence-electron chi connectivity index (χ3n) is 5.53. The van der Waals surface area contributed by atoms with Crippen LogP contribution < -0.4 is 14.4 Å². The van der Waals surface area contributed by atoms with Gasteiger partial charge in [-0.05, 0) is 55.3 Å². The van der Waals surface area contributed by atoms with Gasteiger partial charge in [0.15, 0.2) is 0 Å². The molecule has 1 aliphatic rings. The maximum Gasteiger partial charge on any atom is 0.241 e. The molecule has 0 radical (unpaired) electrons. The Labute approximate surface area is 195 Å². The summed E-state index contributed by atoms with van der Waals surface area (Å²) in [5, 5.41) is 3.21. The molecular formula is C23H30ClN3O4S. The van der Waals surface area contributed by atoms with Crippen LogP contribution in [0.15, 0.2) is 42.5 Å². The molecule has 0 saturated carbocycles. The Balaban J connectivity index is 1.70. The van der Waals surface area contributed by atoms with E-state index in [0.29, 0.717) is 17.3 Å². The topological polar surface area (TPSA) is 79.0 Å². The molecule has 1 saturated heterocycles. The van der Waals surface area contributed by atoms with Crippen molar-refractivity contribution in [3.63, 3.8) is 0 Å². The first-order chi connectivity index (χ1) is 15.3. The van der Waals surface area contributed by atoms with Crippen LogP contribution in [0, 0.1) is 0 Å². The quantitative estimate of drug-likeness (QED) is 0.596. The van der Waals surface area contributed by atoms with Crippen LogP contribution in [0.4, 0.5) is 5.69 Å². The van der Waals surface area contributed by atoms with Crippen LogP contribution >= 0.6 is 11.6 Å². The average Bonchev–Trinajstić information content (AvgIpc) is 2.77. The number of methoxy groups -OCH3 is 1. The van der Waals surface area contributed by atoms with E-state index in [1.807, 2.05) is 18.2 Å². The Morgan fingerprint density at radius 1 is 1.12 bits per heavy atom. The molecule has 1 fully saturated rings. The number of likely N-dealkylation sites (tertiary alicyclic amines) is 1. The van der Waals surface area contributed by atoms with Crippen molar-refractivity contribution in [1.29, 1.82) is 0 Å². The van der Waals surface area contributed by atoms with Crippen LogP contribution in [0.25, 0.3) is 0 Å². The van der Waals surface area contributed by atoms with Crippen LogP contribution in [0.2, 0.25) is 5.02 Å². The molecule has 32 heavy (non-hydrogen) atoms. The summed E-state index contributed by atoms with van der Waals surface area (Å²) in [6, 6.07) is 12.7. The number of nitrogens with zero attached hydrogens (tertiary/aromatic N) is 2. The van der Waals surface area contributed by atoms with Gasteiger partial charge in [0.1, 0.15) is 12.3 Å². The monoisotopic (exact) mass is 479 g/mol. The van der Waals surface area contributed by atoms with Gasteiger partial charge in [0.25, 0.3) is 0 Å². The number of piperidine rings is 1. The number of carbonyl (C=O) groups excluding carboxylic acids is 1. The molecule has 0 aromatic heterocycles. The average molecular weight is 480 g/mol. The number of carbonyl (C=O) groups is 1. The van der Waals surface area contributed by atoms with Gasteiger partial charge < -0.3 is 10.1 Å². The second-order valence-corrected chi connectivity index (χ2v) is 10.3. The molecular weight excluding hydrogens is 450 g/mol. The lowest BCUT2D eigenvalue weighted by Gasteiger charge is -2.27. The van der Waals surface area contributed by atoms with Crippen molar-refractivity contribution in [2.75, 3.05) is 37.3 Å². The van der Waals surface area contributed by atoms with E-state index < -0.39 is 15.9 Å². The number of rotatable bonds is 9. The second kappa shape index (κ2) is 11.0. The Morgan fingerprint density at radius 2 is 1.81 bits per heavy atom. The minimum absolute atomic E-state index is 0.225. The van der Waals surface area contributed by atoms with Crippen molar-refractivity contribution in [1.82, 2.24) is 10.2 Å². The second-order valence-electron chi connectivity index (χ2n) is 7.97. The van der Waals surface area contributed by atoms with E-state index in [1.54, 1.807) is 12.1 Å². The zero-order valence-electron chi connectivity index (χ0n) is 18.5. The highest BCUT2D eigenvalue weighted by Crippen LogP contribution is 2.32. The van der Waals surface area contributed by atoms with Gasteiger partial charge in [-0.3, -0.25) is 14.0 Å². The first-order valence-electron chi connectivity index (χ1n) is 10.6. The summed E-state index contributed by atoms with van der Waals surface area (Å²) in [5.74, 6) is -0.0928. The van der Waals surface area contributed by atoms with Gasteiger partial charge >= 0.3 is 0 Å². The molecule has 1 aliphatic heterocycles. The van der Waals surface area contributed by atoms with E-state index in [0.717, 1.165) is 35.8 Å². The van der Waals surface area contributed by atoms with Gasteiger partial charge in [-0.25, -0.2) is 8.42 Å². The highest BCUT2D eigenvalue weighted by atomic mass is 35.5. The maximum atomic E-state index is 12.7. The Morgan fingerprint density at radius 3 is 2.47 bits per heavy atom. The van der Waals surface area contributed by atoms with Gasteiger partial charge in [0, 0.05) is 18.1 Å². The zero-order chi connectivity index (χ0) is 23.1. The predicted octanol–water partition coefficient (Wildman–Crippen LogP) is 3.42. The molecule has 7 nitrogen and oxygen atoms in total. The molecule has 1 heterocycles. The number of halogens is 1. The largest absolute Gasteiger partial charge is 0.495 e. The standard InChI is InChI=1S/C23H30ClN3O4S/c1-31-22-11-10-20(24)14-21(22)27(32(2,29)30)17-23(28)25-15-18-8-4-5-9-19(18)16-26-12-6-3-7-13-26/h4-5,8-11,14H,3,6-7,12-13,15-17H2,1-2H3,(H,25,28). The highest BCUT2D eigenvalue weighted by Gasteiger charge is 2.24. The van der Waals surface area contributed by atoms with E-state index in [2.05, 4.69) is 16.3 Å². The minimum atomic E-state index is -3.75. The van der Waals surface area contributed by atoms with Crippen molar-refractivity contribution in [2.45, 2.75) is 32.4 Å². The molecule has 1 N–H and O–H groups in total. The summed E-state index contributed by atoms with van der Waals surface area (Å²) in [6.45, 7) is 2.98. The fraction of sp³-hybridized carbons (Fsp3) is 0.435. The Kier molecular flexibility index (Phi) is 8.39.